The molecule has 0 aliphatic rings. The van der Waals surface area contributed by atoms with Crippen LogP contribution in [0.3, 0.4) is 0 Å². The summed E-state index contributed by atoms with van der Waals surface area (Å²) in [5.74, 6) is 1.02. The molecule has 18 heavy (non-hydrogen) atoms. The van der Waals surface area contributed by atoms with Gasteiger partial charge in [-0.15, -0.1) is 0 Å². The third-order valence-corrected chi connectivity index (χ3v) is 3.23. The van der Waals surface area contributed by atoms with Gasteiger partial charge in [0.25, 0.3) is 0 Å². The van der Waals surface area contributed by atoms with Gasteiger partial charge in [-0.05, 0) is 32.3 Å². The third kappa shape index (κ3) is 2.31. The molecule has 2 aromatic rings. The van der Waals surface area contributed by atoms with Gasteiger partial charge in [-0.1, -0.05) is 6.92 Å². The average Bonchev–Trinajstić information content (AvgIpc) is 2.84. The molecule has 0 aromatic carbocycles. The number of aromatic nitrogens is 4. The highest BCUT2D eigenvalue weighted by molar-refractivity contribution is 5.38. The maximum atomic E-state index is 6.07. The van der Waals surface area contributed by atoms with E-state index < -0.39 is 0 Å². The lowest BCUT2D eigenvalue weighted by Crippen LogP contribution is -2.22. The smallest absolute Gasteiger partial charge is 0.155 e. The van der Waals surface area contributed by atoms with Gasteiger partial charge < -0.3 is 5.73 Å². The van der Waals surface area contributed by atoms with Crippen molar-refractivity contribution in [1.82, 2.24) is 19.6 Å². The van der Waals surface area contributed by atoms with E-state index >= 15 is 0 Å². The average molecular weight is 247 g/mol. The molecule has 0 aliphatic carbocycles. The first-order valence-electron chi connectivity index (χ1n) is 6.32. The Bertz CT molecular complexity index is 538. The van der Waals surface area contributed by atoms with Crippen LogP contribution in [0.25, 0.3) is 5.82 Å². The second-order valence-electron chi connectivity index (χ2n) is 4.85. The molecule has 98 valence electrons. The van der Waals surface area contributed by atoms with E-state index in [0.717, 1.165) is 29.9 Å². The summed E-state index contributed by atoms with van der Waals surface area (Å²) >= 11 is 0. The summed E-state index contributed by atoms with van der Waals surface area (Å²) < 4.78 is 3.76. The molecule has 5 nitrogen and oxygen atoms in total. The van der Waals surface area contributed by atoms with Gasteiger partial charge in [0.2, 0.25) is 0 Å². The zero-order valence-electron chi connectivity index (χ0n) is 11.5. The number of aryl methyl sites for hydroxylation is 3. The first-order valence-corrected chi connectivity index (χ1v) is 6.32. The Morgan fingerprint density at radius 3 is 2.67 bits per heavy atom. The molecular weight excluding hydrogens is 226 g/mol. The number of rotatable bonds is 4. The normalized spacial score (nSPS) is 12.9. The number of hydrogen-bond acceptors (Lipinski definition) is 3. The summed E-state index contributed by atoms with van der Waals surface area (Å²) in [5.41, 5.74) is 9.43. The summed E-state index contributed by atoms with van der Waals surface area (Å²) in [6, 6.07) is 0.170. The Kier molecular flexibility index (Phi) is 3.52. The van der Waals surface area contributed by atoms with Crippen LogP contribution >= 0.6 is 0 Å². The minimum Gasteiger partial charge on any atom is -0.327 e. The van der Waals surface area contributed by atoms with Crippen molar-refractivity contribution in [3.63, 3.8) is 0 Å². The molecule has 2 heterocycles. The molecule has 1 atom stereocenters. The maximum Gasteiger partial charge on any atom is 0.155 e. The van der Waals surface area contributed by atoms with Crippen LogP contribution < -0.4 is 5.73 Å². The van der Waals surface area contributed by atoms with Crippen LogP contribution in [0.15, 0.2) is 12.4 Å². The lowest BCUT2D eigenvalue weighted by molar-refractivity contribution is 0.636. The van der Waals surface area contributed by atoms with Gasteiger partial charge >= 0.3 is 0 Å². The van der Waals surface area contributed by atoms with Crippen molar-refractivity contribution in [3.05, 3.63) is 29.2 Å². The summed E-state index contributed by atoms with van der Waals surface area (Å²) in [6.07, 6.45) is 5.67. The fourth-order valence-electron chi connectivity index (χ4n) is 2.15. The van der Waals surface area contributed by atoms with Crippen molar-refractivity contribution in [2.45, 2.75) is 39.7 Å². The minimum absolute atomic E-state index is 0.170. The van der Waals surface area contributed by atoms with Gasteiger partial charge in [-0.25, -0.2) is 4.68 Å². The van der Waals surface area contributed by atoms with Gasteiger partial charge in [0.1, 0.15) is 0 Å². The Labute approximate surface area is 108 Å². The van der Waals surface area contributed by atoms with Crippen LogP contribution in [-0.2, 0) is 13.5 Å². The van der Waals surface area contributed by atoms with Gasteiger partial charge in [0.15, 0.2) is 5.82 Å². The predicted molar refractivity (Wildman–Crippen MR) is 71.8 cm³/mol. The van der Waals surface area contributed by atoms with Crippen molar-refractivity contribution in [3.8, 4) is 5.82 Å². The predicted octanol–water partition coefficient (Wildman–Crippen LogP) is 1.50. The molecular formula is C13H21N5. The summed E-state index contributed by atoms with van der Waals surface area (Å²) in [7, 11) is 1.94. The van der Waals surface area contributed by atoms with E-state index in [1.165, 1.54) is 5.56 Å². The molecule has 0 spiro atoms. The zero-order valence-corrected chi connectivity index (χ0v) is 11.5. The molecule has 0 fully saturated rings. The van der Waals surface area contributed by atoms with Crippen LogP contribution in [0, 0.1) is 13.8 Å². The maximum absolute atomic E-state index is 6.07. The first kappa shape index (κ1) is 12.8. The molecule has 1 unspecified atom stereocenters. The van der Waals surface area contributed by atoms with Crippen molar-refractivity contribution in [2.75, 3.05) is 0 Å². The molecule has 2 aromatic heterocycles. The monoisotopic (exact) mass is 247 g/mol. The van der Waals surface area contributed by atoms with Crippen LogP contribution in [-0.4, -0.2) is 25.6 Å². The molecule has 0 radical (unpaired) electrons. The quantitative estimate of drug-likeness (QED) is 0.890. The SMILES string of the molecule is CCC(N)Cc1c(C)nn(C)c1-n1cc(C)cn1. The van der Waals surface area contributed by atoms with E-state index in [4.69, 9.17) is 5.73 Å². The fraction of sp³-hybridized carbons (Fsp3) is 0.538. The fourth-order valence-corrected chi connectivity index (χ4v) is 2.15. The first-order chi connectivity index (χ1) is 8.52. The topological polar surface area (TPSA) is 61.7 Å². The molecule has 2 rings (SSSR count). The van der Waals surface area contributed by atoms with E-state index in [2.05, 4.69) is 17.1 Å². The number of hydrogen-bond donors (Lipinski definition) is 1. The Hall–Kier alpha value is -1.62. The van der Waals surface area contributed by atoms with Gasteiger partial charge in [0.05, 0.1) is 11.9 Å². The minimum atomic E-state index is 0.170. The highest BCUT2D eigenvalue weighted by Gasteiger charge is 2.17. The van der Waals surface area contributed by atoms with E-state index in [1.807, 2.05) is 42.7 Å². The highest BCUT2D eigenvalue weighted by Crippen LogP contribution is 2.19. The summed E-state index contributed by atoms with van der Waals surface area (Å²) in [5, 5.41) is 8.85. The summed E-state index contributed by atoms with van der Waals surface area (Å²) in [4.78, 5) is 0. The van der Waals surface area contributed by atoms with Gasteiger partial charge in [-0.2, -0.15) is 10.2 Å². The lowest BCUT2D eigenvalue weighted by Gasteiger charge is -2.11. The third-order valence-electron chi connectivity index (χ3n) is 3.23. The van der Waals surface area contributed by atoms with Crippen molar-refractivity contribution < 1.29 is 0 Å². The Balaban J connectivity index is 2.45. The van der Waals surface area contributed by atoms with E-state index in [1.54, 1.807) is 0 Å². The molecule has 0 saturated heterocycles. The molecule has 5 heteroatoms. The molecule has 2 N–H and O–H groups in total. The van der Waals surface area contributed by atoms with Crippen LogP contribution in [0.2, 0.25) is 0 Å². The van der Waals surface area contributed by atoms with E-state index in [0.29, 0.717) is 0 Å². The second kappa shape index (κ2) is 4.94. The van der Waals surface area contributed by atoms with Gasteiger partial charge in [-0.3, -0.25) is 4.68 Å². The van der Waals surface area contributed by atoms with Crippen molar-refractivity contribution in [2.24, 2.45) is 12.8 Å². The standard InChI is InChI=1S/C13H21N5/c1-5-11(14)6-12-10(3)16-17(4)13(12)18-8-9(2)7-15-18/h7-8,11H,5-6,14H2,1-4H3. The molecule has 0 saturated carbocycles. The molecule has 0 bridgehead atoms. The molecule has 0 aliphatic heterocycles. The van der Waals surface area contributed by atoms with Crippen LogP contribution in [0.1, 0.15) is 30.2 Å². The number of nitrogens with two attached hydrogens (primary N) is 1. The lowest BCUT2D eigenvalue weighted by atomic mass is 10.0. The largest absolute Gasteiger partial charge is 0.327 e. The van der Waals surface area contributed by atoms with Crippen LogP contribution in [0.5, 0.6) is 0 Å². The molecule has 0 amide bonds. The number of nitrogens with zero attached hydrogens (tertiary/aromatic N) is 4. The van der Waals surface area contributed by atoms with E-state index in [-0.39, 0.29) is 6.04 Å². The Morgan fingerprint density at radius 2 is 2.11 bits per heavy atom. The van der Waals surface area contributed by atoms with E-state index in [9.17, 15) is 0 Å². The van der Waals surface area contributed by atoms with Crippen molar-refractivity contribution in [1.29, 1.82) is 0 Å². The zero-order chi connectivity index (χ0) is 13.3. The summed E-state index contributed by atoms with van der Waals surface area (Å²) in [6.45, 7) is 6.16. The van der Waals surface area contributed by atoms with Gasteiger partial charge in [0, 0.05) is 24.8 Å². The highest BCUT2D eigenvalue weighted by atomic mass is 15.4. The Morgan fingerprint density at radius 1 is 1.39 bits per heavy atom. The second-order valence-corrected chi connectivity index (χ2v) is 4.85. The van der Waals surface area contributed by atoms with Crippen molar-refractivity contribution >= 4 is 0 Å². The van der Waals surface area contributed by atoms with Crippen LogP contribution in [0.4, 0.5) is 0 Å².